The number of amides is 2. The topological polar surface area (TPSA) is 91.6 Å². The maximum Gasteiger partial charge on any atom is 0.274 e. The van der Waals surface area contributed by atoms with Crippen molar-refractivity contribution in [1.82, 2.24) is 14.8 Å². The Kier molecular flexibility index (Phi) is 5.24. The van der Waals surface area contributed by atoms with Gasteiger partial charge in [-0.1, -0.05) is 0 Å². The molecule has 0 unspecified atom stereocenters. The molecule has 0 bridgehead atoms. The van der Waals surface area contributed by atoms with Crippen LogP contribution in [0.4, 0.5) is 13.2 Å². The number of nitrogens with zero attached hydrogens (tertiary/aromatic N) is 2. The number of pyridine rings is 1. The molecule has 2 atom stereocenters. The van der Waals surface area contributed by atoms with E-state index in [9.17, 15) is 32.7 Å². The van der Waals surface area contributed by atoms with Crippen LogP contribution in [0.2, 0.25) is 0 Å². The molecule has 10 heteroatoms. The lowest BCUT2D eigenvalue weighted by Gasteiger charge is -2.39. The lowest BCUT2D eigenvalue weighted by molar-refractivity contribution is 0.0563. The van der Waals surface area contributed by atoms with Gasteiger partial charge in [-0.3, -0.25) is 14.4 Å². The highest BCUT2D eigenvalue weighted by Gasteiger charge is 2.43. The molecule has 1 aromatic heterocycles. The van der Waals surface area contributed by atoms with Crippen LogP contribution in [0.1, 0.15) is 58.6 Å². The molecule has 1 aromatic carbocycles. The van der Waals surface area contributed by atoms with Crippen LogP contribution in [0, 0.1) is 17.5 Å². The van der Waals surface area contributed by atoms with Gasteiger partial charge in [-0.05, 0) is 26.2 Å². The monoisotopic (exact) mass is 435 g/mol. The van der Waals surface area contributed by atoms with E-state index in [4.69, 9.17) is 0 Å². The summed E-state index contributed by atoms with van der Waals surface area (Å²) in [7, 11) is 0. The van der Waals surface area contributed by atoms with Crippen molar-refractivity contribution in [3.05, 3.63) is 62.8 Å². The minimum atomic E-state index is -1.18. The van der Waals surface area contributed by atoms with Crippen molar-refractivity contribution >= 4 is 11.8 Å². The van der Waals surface area contributed by atoms with E-state index in [1.54, 1.807) is 4.90 Å². The largest absolute Gasteiger partial charge is 0.503 e. The van der Waals surface area contributed by atoms with Crippen LogP contribution in [-0.4, -0.2) is 39.0 Å². The average molecular weight is 435 g/mol. The van der Waals surface area contributed by atoms with Gasteiger partial charge in [0.05, 0.1) is 12.1 Å². The van der Waals surface area contributed by atoms with Crippen molar-refractivity contribution < 1.29 is 27.9 Å². The van der Waals surface area contributed by atoms with Crippen molar-refractivity contribution in [2.75, 3.05) is 6.54 Å². The summed E-state index contributed by atoms with van der Waals surface area (Å²) in [6.07, 6.45) is 3.53. The number of aromatic hydroxyl groups is 1. The summed E-state index contributed by atoms with van der Waals surface area (Å²) in [5, 5.41) is 12.7. The fourth-order valence-electron chi connectivity index (χ4n) is 4.53. The van der Waals surface area contributed by atoms with Crippen LogP contribution in [0.3, 0.4) is 0 Å². The fraction of sp³-hybridized carbons (Fsp3) is 0.381. The van der Waals surface area contributed by atoms with Crippen LogP contribution in [-0.2, 0) is 6.54 Å². The predicted octanol–water partition coefficient (Wildman–Crippen LogP) is 2.47. The molecule has 2 aliphatic rings. The van der Waals surface area contributed by atoms with E-state index in [1.807, 2.05) is 6.92 Å². The summed E-state index contributed by atoms with van der Waals surface area (Å²) in [6, 6.07) is 0.660. The van der Waals surface area contributed by atoms with E-state index in [2.05, 4.69) is 5.32 Å². The van der Waals surface area contributed by atoms with Crippen molar-refractivity contribution in [3.63, 3.8) is 0 Å². The highest BCUT2D eigenvalue weighted by molar-refractivity contribution is 5.99. The van der Waals surface area contributed by atoms with Gasteiger partial charge < -0.3 is 19.9 Å². The molecule has 2 aromatic rings. The molecule has 2 amide bonds. The molecular formula is C21H20F3N3O4. The van der Waals surface area contributed by atoms with Crippen molar-refractivity contribution in [2.24, 2.45) is 0 Å². The zero-order valence-corrected chi connectivity index (χ0v) is 16.6. The Bertz CT molecular complexity index is 1120. The smallest absolute Gasteiger partial charge is 0.274 e. The van der Waals surface area contributed by atoms with E-state index in [0.29, 0.717) is 25.1 Å². The molecule has 0 saturated heterocycles. The number of halogens is 3. The van der Waals surface area contributed by atoms with Crippen LogP contribution in [0.25, 0.3) is 0 Å². The van der Waals surface area contributed by atoms with E-state index >= 15 is 0 Å². The van der Waals surface area contributed by atoms with Crippen molar-refractivity contribution in [3.8, 4) is 5.75 Å². The van der Waals surface area contributed by atoms with Gasteiger partial charge in [-0.25, -0.2) is 13.2 Å². The van der Waals surface area contributed by atoms with Gasteiger partial charge in [0.2, 0.25) is 5.43 Å². The molecule has 7 nitrogen and oxygen atoms in total. The van der Waals surface area contributed by atoms with Crippen LogP contribution in [0.5, 0.6) is 5.75 Å². The zero-order valence-electron chi connectivity index (χ0n) is 16.6. The van der Waals surface area contributed by atoms with Gasteiger partial charge in [0.1, 0.15) is 23.0 Å². The van der Waals surface area contributed by atoms with Crippen LogP contribution >= 0.6 is 0 Å². The maximum atomic E-state index is 13.8. The number of nitrogens with one attached hydrogen (secondary N) is 1. The van der Waals surface area contributed by atoms with Gasteiger partial charge in [-0.2, -0.15) is 0 Å². The summed E-state index contributed by atoms with van der Waals surface area (Å²) in [5.41, 5.74) is -2.24. The van der Waals surface area contributed by atoms with E-state index < -0.39 is 58.1 Å². The van der Waals surface area contributed by atoms with Crippen LogP contribution in [0.15, 0.2) is 23.1 Å². The minimum Gasteiger partial charge on any atom is -0.503 e. The molecule has 0 radical (unpaired) electrons. The first-order valence-electron chi connectivity index (χ1n) is 9.95. The number of aromatic nitrogens is 1. The number of fused-ring (bicyclic) bond motifs is 3. The third-order valence-electron chi connectivity index (χ3n) is 5.99. The first-order valence-corrected chi connectivity index (χ1v) is 9.95. The second-order valence-corrected chi connectivity index (χ2v) is 7.66. The van der Waals surface area contributed by atoms with Gasteiger partial charge >= 0.3 is 0 Å². The predicted molar refractivity (Wildman–Crippen MR) is 103 cm³/mol. The summed E-state index contributed by atoms with van der Waals surface area (Å²) in [4.78, 5) is 39.7. The Morgan fingerprint density at radius 2 is 1.81 bits per heavy atom. The van der Waals surface area contributed by atoms with E-state index in [1.165, 1.54) is 10.8 Å². The molecule has 1 aliphatic heterocycles. The number of hydrogen-bond acceptors (Lipinski definition) is 4. The Morgan fingerprint density at radius 1 is 1.16 bits per heavy atom. The molecule has 1 aliphatic carbocycles. The number of benzene rings is 1. The highest BCUT2D eigenvalue weighted by atomic mass is 19.1. The Morgan fingerprint density at radius 3 is 2.45 bits per heavy atom. The lowest BCUT2D eigenvalue weighted by Crippen LogP contribution is -2.49. The zero-order chi connectivity index (χ0) is 22.4. The third kappa shape index (κ3) is 3.35. The van der Waals surface area contributed by atoms with Gasteiger partial charge in [0, 0.05) is 37.0 Å². The normalized spacial score (nSPS) is 19.9. The van der Waals surface area contributed by atoms with Crippen molar-refractivity contribution in [1.29, 1.82) is 0 Å². The summed E-state index contributed by atoms with van der Waals surface area (Å²) < 4.78 is 42.1. The van der Waals surface area contributed by atoms with E-state index in [-0.39, 0.29) is 17.8 Å². The minimum absolute atomic E-state index is 0.106. The standard InChI is InChI=1S/C21H20F3N3O4/c1-2-26-15-4-3-5-16(15)27-9-12(18(28)19(29)17(27)21(26)31)20(30)25-8-11-13(23)6-10(22)7-14(11)24/h6-7,9,15-16,29H,2-5,8H2,1H3,(H,25,30)/t15-,16+/m1/s1. The summed E-state index contributed by atoms with van der Waals surface area (Å²) in [6.45, 7) is 1.60. The number of hydrogen-bond donors (Lipinski definition) is 2. The summed E-state index contributed by atoms with van der Waals surface area (Å²) >= 11 is 0. The average Bonchev–Trinajstić information content (AvgIpc) is 3.19. The second-order valence-electron chi connectivity index (χ2n) is 7.66. The first-order chi connectivity index (χ1) is 14.7. The summed E-state index contributed by atoms with van der Waals surface area (Å²) in [5.74, 6) is -5.74. The molecular weight excluding hydrogens is 415 g/mol. The molecule has 31 heavy (non-hydrogen) atoms. The Hall–Kier alpha value is -3.30. The number of carbonyl (C=O) groups is 2. The number of carbonyl (C=O) groups excluding carboxylic acids is 2. The Balaban J connectivity index is 1.69. The second kappa shape index (κ2) is 7.75. The first kappa shape index (κ1) is 21.0. The lowest BCUT2D eigenvalue weighted by atomic mass is 10.0. The SMILES string of the molecule is CCN1C(=O)c2c(O)c(=O)c(C(=O)NCc3c(F)cc(F)cc3F)cn2[C@H]2CCC[C@H]21. The van der Waals surface area contributed by atoms with Gasteiger partial charge in [-0.15, -0.1) is 0 Å². The molecule has 2 N–H and O–H groups in total. The molecule has 164 valence electrons. The van der Waals surface area contributed by atoms with E-state index in [0.717, 1.165) is 12.8 Å². The molecule has 0 spiro atoms. The maximum absolute atomic E-state index is 13.8. The highest BCUT2D eigenvalue weighted by Crippen LogP contribution is 2.40. The number of likely N-dealkylation sites (N-methyl/N-ethyl adjacent to an activating group) is 1. The van der Waals surface area contributed by atoms with Crippen molar-refractivity contribution in [2.45, 2.75) is 44.8 Å². The quantitative estimate of drug-likeness (QED) is 0.772. The Labute approximate surface area is 175 Å². The third-order valence-corrected chi connectivity index (χ3v) is 5.99. The van der Waals surface area contributed by atoms with Crippen LogP contribution < -0.4 is 10.7 Å². The number of rotatable bonds is 4. The van der Waals surface area contributed by atoms with Gasteiger partial charge in [0.15, 0.2) is 11.4 Å². The molecule has 4 rings (SSSR count). The molecule has 1 saturated carbocycles. The van der Waals surface area contributed by atoms with Gasteiger partial charge in [0.25, 0.3) is 11.8 Å². The fourth-order valence-corrected chi connectivity index (χ4v) is 4.53. The molecule has 1 fully saturated rings. The molecule has 2 heterocycles.